The summed E-state index contributed by atoms with van der Waals surface area (Å²) in [6.07, 6.45) is -0.135. The molecule has 0 saturated heterocycles. The molecule has 2 aromatic carbocycles. The lowest BCUT2D eigenvalue weighted by molar-refractivity contribution is -0.136. The Balaban J connectivity index is 2.25. The van der Waals surface area contributed by atoms with Crippen molar-refractivity contribution in [3.05, 3.63) is 59.3 Å². The second kappa shape index (κ2) is 6.51. The highest BCUT2D eigenvalue weighted by molar-refractivity contribution is 5.94. The van der Waals surface area contributed by atoms with Gasteiger partial charge in [0.05, 0.1) is 11.9 Å². The van der Waals surface area contributed by atoms with Gasteiger partial charge in [0, 0.05) is 17.6 Å². The standard InChI is InChI=1S/C20H21NO4/c1-12(2)20-15(10-18(24)25)19-16(4-3-5-17(19)23)21(20)11-13-6-8-14(22)9-7-13/h3-9,12,22-23H,10-11H2,1-2H3,(H,24,25). The van der Waals surface area contributed by atoms with Crippen molar-refractivity contribution in [1.29, 1.82) is 0 Å². The van der Waals surface area contributed by atoms with Gasteiger partial charge in [-0.3, -0.25) is 4.79 Å². The molecule has 3 rings (SSSR count). The van der Waals surface area contributed by atoms with Crippen molar-refractivity contribution in [1.82, 2.24) is 4.57 Å². The van der Waals surface area contributed by atoms with Gasteiger partial charge >= 0.3 is 5.97 Å². The van der Waals surface area contributed by atoms with Gasteiger partial charge in [-0.1, -0.05) is 32.0 Å². The molecule has 0 unspecified atom stereocenters. The average Bonchev–Trinajstić information content (AvgIpc) is 2.84. The van der Waals surface area contributed by atoms with E-state index in [9.17, 15) is 20.1 Å². The lowest BCUT2D eigenvalue weighted by atomic mass is 10.0. The molecule has 5 nitrogen and oxygen atoms in total. The number of nitrogens with zero attached hydrogens (tertiary/aromatic N) is 1. The summed E-state index contributed by atoms with van der Waals surface area (Å²) in [5, 5.41) is 29.8. The first-order valence-corrected chi connectivity index (χ1v) is 8.21. The van der Waals surface area contributed by atoms with Gasteiger partial charge in [0.2, 0.25) is 0 Å². The fourth-order valence-electron chi connectivity index (χ4n) is 3.43. The van der Waals surface area contributed by atoms with Crippen molar-refractivity contribution >= 4 is 16.9 Å². The third-order valence-corrected chi connectivity index (χ3v) is 4.36. The minimum absolute atomic E-state index is 0.0956. The molecule has 25 heavy (non-hydrogen) atoms. The van der Waals surface area contributed by atoms with E-state index in [0.29, 0.717) is 17.5 Å². The summed E-state index contributed by atoms with van der Waals surface area (Å²) in [6, 6.07) is 12.2. The van der Waals surface area contributed by atoms with Crippen LogP contribution in [0.1, 0.15) is 36.6 Å². The number of fused-ring (bicyclic) bond motifs is 1. The maximum atomic E-state index is 11.4. The Labute approximate surface area is 145 Å². The molecule has 3 aromatic rings. The summed E-state index contributed by atoms with van der Waals surface area (Å²) in [7, 11) is 0. The summed E-state index contributed by atoms with van der Waals surface area (Å²) in [5.41, 5.74) is 3.37. The van der Waals surface area contributed by atoms with Crippen LogP contribution in [0, 0.1) is 0 Å². The summed E-state index contributed by atoms with van der Waals surface area (Å²) in [6.45, 7) is 4.57. The maximum absolute atomic E-state index is 11.4. The molecule has 1 heterocycles. The molecule has 5 heteroatoms. The monoisotopic (exact) mass is 339 g/mol. The summed E-state index contributed by atoms with van der Waals surface area (Å²) in [4.78, 5) is 11.4. The molecule has 0 atom stereocenters. The van der Waals surface area contributed by atoms with Crippen molar-refractivity contribution in [2.45, 2.75) is 32.7 Å². The van der Waals surface area contributed by atoms with Gasteiger partial charge in [-0.15, -0.1) is 0 Å². The van der Waals surface area contributed by atoms with E-state index in [4.69, 9.17) is 0 Å². The Bertz CT molecular complexity index is 923. The average molecular weight is 339 g/mol. The Morgan fingerprint density at radius 2 is 1.76 bits per heavy atom. The minimum Gasteiger partial charge on any atom is -0.508 e. The number of aliphatic carboxylic acids is 1. The second-order valence-corrected chi connectivity index (χ2v) is 6.51. The van der Waals surface area contributed by atoms with Crippen LogP contribution in [0.3, 0.4) is 0 Å². The highest BCUT2D eigenvalue weighted by Gasteiger charge is 2.23. The fourth-order valence-corrected chi connectivity index (χ4v) is 3.43. The van der Waals surface area contributed by atoms with E-state index < -0.39 is 5.97 Å². The zero-order valence-corrected chi connectivity index (χ0v) is 14.2. The van der Waals surface area contributed by atoms with Crippen LogP contribution in [0.2, 0.25) is 0 Å². The topological polar surface area (TPSA) is 82.7 Å². The maximum Gasteiger partial charge on any atom is 0.307 e. The van der Waals surface area contributed by atoms with Crippen molar-refractivity contribution in [2.75, 3.05) is 0 Å². The van der Waals surface area contributed by atoms with Crippen LogP contribution >= 0.6 is 0 Å². The van der Waals surface area contributed by atoms with Crippen molar-refractivity contribution in [2.24, 2.45) is 0 Å². The van der Waals surface area contributed by atoms with E-state index in [1.165, 1.54) is 0 Å². The van der Waals surface area contributed by atoms with Gasteiger partial charge in [0.15, 0.2) is 0 Å². The van der Waals surface area contributed by atoms with Crippen LogP contribution < -0.4 is 0 Å². The zero-order chi connectivity index (χ0) is 18.1. The molecule has 0 radical (unpaired) electrons. The zero-order valence-electron chi connectivity index (χ0n) is 14.2. The number of carboxylic acid groups (broad SMARTS) is 1. The Morgan fingerprint density at radius 3 is 2.36 bits per heavy atom. The third-order valence-electron chi connectivity index (χ3n) is 4.36. The van der Waals surface area contributed by atoms with E-state index in [2.05, 4.69) is 4.57 Å². The predicted octanol–water partition coefficient (Wildman–Crippen LogP) is 3.85. The number of carbonyl (C=O) groups is 1. The van der Waals surface area contributed by atoms with Crippen LogP contribution in [0.25, 0.3) is 10.9 Å². The molecule has 0 amide bonds. The largest absolute Gasteiger partial charge is 0.508 e. The van der Waals surface area contributed by atoms with Gasteiger partial charge in [0.1, 0.15) is 11.5 Å². The molecule has 1 aromatic heterocycles. The smallest absolute Gasteiger partial charge is 0.307 e. The molecule has 0 aliphatic rings. The molecule has 0 spiro atoms. The first kappa shape index (κ1) is 16.9. The van der Waals surface area contributed by atoms with E-state index >= 15 is 0 Å². The van der Waals surface area contributed by atoms with Crippen molar-refractivity contribution in [3.63, 3.8) is 0 Å². The lowest BCUT2D eigenvalue weighted by Crippen LogP contribution is -2.09. The second-order valence-electron chi connectivity index (χ2n) is 6.51. The Kier molecular flexibility index (Phi) is 4.40. The Morgan fingerprint density at radius 1 is 1.08 bits per heavy atom. The molecule has 0 bridgehead atoms. The first-order valence-electron chi connectivity index (χ1n) is 8.21. The lowest BCUT2D eigenvalue weighted by Gasteiger charge is -2.15. The summed E-state index contributed by atoms with van der Waals surface area (Å²) in [5.74, 6) is -0.526. The molecular weight excluding hydrogens is 318 g/mol. The van der Waals surface area contributed by atoms with Crippen LogP contribution in [0.15, 0.2) is 42.5 Å². The molecular formula is C20H21NO4. The van der Waals surface area contributed by atoms with Crippen LogP contribution in [-0.4, -0.2) is 25.9 Å². The Hall–Kier alpha value is -2.95. The van der Waals surface area contributed by atoms with Crippen LogP contribution in [0.5, 0.6) is 11.5 Å². The number of phenolic OH excluding ortho intramolecular Hbond substituents is 2. The van der Waals surface area contributed by atoms with Crippen LogP contribution in [-0.2, 0) is 17.8 Å². The molecule has 0 aliphatic heterocycles. The van der Waals surface area contributed by atoms with E-state index in [0.717, 1.165) is 16.8 Å². The number of aromatic hydroxyl groups is 2. The molecule has 3 N–H and O–H groups in total. The van der Waals surface area contributed by atoms with Gasteiger partial charge in [-0.25, -0.2) is 0 Å². The molecule has 0 saturated carbocycles. The van der Waals surface area contributed by atoms with Crippen molar-refractivity contribution < 1.29 is 20.1 Å². The number of hydrogen-bond donors (Lipinski definition) is 3. The SMILES string of the molecule is CC(C)c1c(CC(=O)O)c2c(O)cccc2n1Cc1ccc(O)cc1. The fraction of sp³-hybridized carbons (Fsp3) is 0.250. The number of benzene rings is 2. The van der Waals surface area contributed by atoms with Gasteiger partial charge in [-0.2, -0.15) is 0 Å². The first-order chi connectivity index (χ1) is 11.9. The van der Waals surface area contributed by atoms with Gasteiger partial charge < -0.3 is 19.9 Å². The third kappa shape index (κ3) is 3.18. The van der Waals surface area contributed by atoms with E-state index in [-0.39, 0.29) is 23.8 Å². The normalized spacial score (nSPS) is 11.3. The van der Waals surface area contributed by atoms with Crippen LogP contribution in [0.4, 0.5) is 0 Å². The van der Waals surface area contributed by atoms with Crippen molar-refractivity contribution in [3.8, 4) is 11.5 Å². The molecule has 0 fully saturated rings. The highest BCUT2D eigenvalue weighted by Crippen LogP contribution is 2.37. The van der Waals surface area contributed by atoms with Gasteiger partial charge in [-0.05, 0) is 41.3 Å². The van der Waals surface area contributed by atoms with E-state index in [1.54, 1.807) is 24.3 Å². The predicted molar refractivity (Wildman–Crippen MR) is 96.2 cm³/mol. The van der Waals surface area contributed by atoms with Gasteiger partial charge in [0.25, 0.3) is 0 Å². The summed E-state index contributed by atoms with van der Waals surface area (Å²) >= 11 is 0. The summed E-state index contributed by atoms with van der Waals surface area (Å²) < 4.78 is 2.06. The minimum atomic E-state index is -0.922. The number of rotatable bonds is 5. The number of carboxylic acids is 1. The molecule has 0 aliphatic carbocycles. The quantitative estimate of drug-likeness (QED) is 0.659. The van der Waals surface area contributed by atoms with E-state index in [1.807, 2.05) is 32.0 Å². The number of aromatic nitrogens is 1. The number of hydrogen-bond acceptors (Lipinski definition) is 3. The molecule has 130 valence electrons. The number of phenols is 2. The highest BCUT2D eigenvalue weighted by atomic mass is 16.4.